The fraction of sp³-hybridized carbons (Fsp3) is 0.692. The summed E-state index contributed by atoms with van der Waals surface area (Å²) in [6.07, 6.45) is 4.99. The molecule has 0 saturated carbocycles. The van der Waals surface area contributed by atoms with E-state index in [9.17, 15) is 4.79 Å². The summed E-state index contributed by atoms with van der Waals surface area (Å²) in [6.45, 7) is 8.09. The van der Waals surface area contributed by atoms with Crippen molar-refractivity contribution in [3.05, 3.63) is 17.5 Å². The normalized spacial score (nSPS) is 11.8. The fourth-order valence-electron chi connectivity index (χ4n) is 1.92. The fourth-order valence-corrected chi connectivity index (χ4v) is 1.92. The van der Waals surface area contributed by atoms with Crippen LogP contribution in [0.3, 0.4) is 0 Å². The molecule has 0 bridgehead atoms. The molecule has 0 atom stereocenters. The van der Waals surface area contributed by atoms with Gasteiger partial charge in [0.25, 0.3) is 0 Å². The molecule has 3 heteroatoms. The Balaban J connectivity index is 2.88. The van der Waals surface area contributed by atoms with Gasteiger partial charge in [-0.15, -0.1) is 0 Å². The second-order valence-electron chi connectivity index (χ2n) is 5.12. The second kappa shape index (κ2) is 4.81. The Labute approximate surface area is 97.8 Å². The van der Waals surface area contributed by atoms with Gasteiger partial charge in [0.15, 0.2) is 5.78 Å². The van der Waals surface area contributed by atoms with Crippen molar-refractivity contribution in [2.75, 3.05) is 0 Å². The minimum Gasteiger partial charge on any atom is -0.293 e. The first-order chi connectivity index (χ1) is 7.38. The van der Waals surface area contributed by atoms with Crippen molar-refractivity contribution in [2.24, 2.45) is 12.5 Å². The van der Waals surface area contributed by atoms with Crippen LogP contribution < -0.4 is 0 Å². The lowest BCUT2D eigenvalue weighted by molar-refractivity contribution is 0.0822. The van der Waals surface area contributed by atoms with Crippen molar-refractivity contribution in [1.29, 1.82) is 0 Å². The molecule has 1 aromatic rings. The lowest BCUT2D eigenvalue weighted by Gasteiger charge is -2.22. The summed E-state index contributed by atoms with van der Waals surface area (Å²) in [6, 6.07) is 0. The predicted molar refractivity (Wildman–Crippen MR) is 65.6 cm³/mol. The molecular weight excluding hydrogens is 200 g/mol. The quantitative estimate of drug-likeness (QED) is 0.717. The first-order valence-electron chi connectivity index (χ1n) is 5.93. The lowest BCUT2D eigenvalue weighted by Crippen LogP contribution is -2.24. The maximum atomic E-state index is 12.4. The molecule has 90 valence electrons. The molecule has 0 N–H and O–H groups in total. The third kappa shape index (κ3) is 2.71. The van der Waals surface area contributed by atoms with Crippen LogP contribution in [0.15, 0.2) is 6.20 Å². The minimum atomic E-state index is -0.274. The van der Waals surface area contributed by atoms with Gasteiger partial charge < -0.3 is 0 Å². The average molecular weight is 222 g/mol. The number of hydrogen-bond acceptors (Lipinski definition) is 2. The molecule has 0 aliphatic heterocycles. The van der Waals surface area contributed by atoms with Crippen molar-refractivity contribution >= 4 is 5.78 Å². The zero-order chi connectivity index (χ0) is 12.3. The topological polar surface area (TPSA) is 34.9 Å². The molecule has 0 radical (unpaired) electrons. The molecule has 3 nitrogen and oxygen atoms in total. The summed E-state index contributed by atoms with van der Waals surface area (Å²) < 4.78 is 1.71. The van der Waals surface area contributed by atoms with Gasteiger partial charge in [-0.25, -0.2) is 0 Å². The summed E-state index contributed by atoms with van der Waals surface area (Å²) in [7, 11) is 1.85. The Morgan fingerprint density at radius 1 is 1.50 bits per heavy atom. The first kappa shape index (κ1) is 12.9. The number of Topliss-reactive ketones (excluding diaryl/α,β-unsaturated/α-hetero) is 1. The van der Waals surface area contributed by atoms with Crippen molar-refractivity contribution in [2.45, 2.75) is 47.0 Å². The Bertz CT molecular complexity index is 377. The standard InChI is InChI=1S/C13H22N2O/c1-6-7-8-13(3,4)12(16)11-9-15(5)14-10(11)2/h9H,6-8H2,1-5H3. The minimum absolute atomic E-state index is 0.214. The van der Waals surface area contributed by atoms with E-state index < -0.39 is 0 Å². The van der Waals surface area contributed by atoms with Gasteiger partial charge in [0.2, 0.25) is 0 Å². The van der Waals surface area contributed by atoms with Crippen molar-refractivity contribution < 1.29 is 4.79 Å². The van der Waals surface area contributed by atoms with Gasteiger partial charge in [-0.1, -0.05) is 33.6 Å². The number of aromatic nitrogens is 2. The maximum absolute atomic E-state index is 12.4. The van der Waals surface area contributed by atoms with Crippen LogP contribution in [0.1, 0.15) is 56.1 Å². The van der Waals surface area contributed by atoms with Crippen molar-refractivity contribution in [3.63, 3.8) is 0 Å². The number of nitrogens with zero attached hydrogens (tertiary/aromatic N) is 2. The Hall–Kier alpha value is -1.12. The number of carbonyl (C=O) groups excluding carboxylic acids is 1. The van der Waals surface area contributed by atoms with Gasteiger partial charge in [-0.2, -0.15) is 5.10 Å². The zero-order valence-corrected chi connectivity index (χ0v) is 11.0. The molecule has 0 saturated heterocycles. The summed E-state index contributed by atoms with van der Waals surface area (Å²) in [5, 5.41) is 4.22. The van der Waals surface area contributed by atoms with Gasteiger partial charge in [-0.05, 0) is 13.3 Å². The monoisotopic (exact) mass is 222 g/mol. The van der Waals surface area contributed by atoms with E-state index in [-0.39, 0.29) is 11.2 Å². The average Bonchev–Trinajstić information content (AvgIpc) is 2.53. The van der Waals surface area contributed by atoms with Crippen LogP contribution in [-0.4, -0.2) is 15.6 Å². The highest BCUT2D eigenvalue weighted by molar-refractivity contribution is 6.00. The van der Waals surface area contributed by atoms with E-state index in [0.717, 1.165) is 30.5 Å². The summed E-state index contributed by atoms with van der Waals surface area (Å²) in [4.78, 5) is 12.4. The van der Waals surface area contributed by atoms with E-state index >= 15 is 0 Å². The molecule has 0 amide bonds. The molecule has 1 heterocycles. The molecule has 1 rings (SSSR count). The van der Waals surface area contributed by atoms with Crippen LogP contribution in [0.2, 0.25) is 0 Å². The maximum Gasteiger partial charge on any atom is 0.171 e. The number of unbranched alkanes of at least 4 members (excludes halogenated alkanes) is 1. The molecular formula is C13H22N2O. The van der Waals surface area contributed by atoms with E-state index in [1.807, 2.05) is 34.0 Å². The third-order valence-electron chi connectivity index (χ3n) is 3.03. The molecule has 0 fully saturated rings. The number of aryl methyl sites for hydroxylation is 2. The SMILES string of the molecule is CCCCC(C)(C)C(=O)c1cn(C)nc1C. The smallest absolute Gasteiger partial charge is 0.171 e. The molecule has 0 aliphatic carbocycles. The van der Waals surface area contributed by atoms with Crippen molar-refractivity contribution in [1.82, 2.24) is 9.78 Å². The van der Waals surface area contributed by atoms with E-state index in [2.05, 4.69) is 12.0 Å². The van der Waals surface area contributed by atoms with E-state index in [0.29, 0.717) is 0 Å². The summed E-state index contributed by atoms with van der Waals surface area (Å²) >= 11 is 0. The number of hydrogen-bond donors (Lipinski definition) is 0. The van der Waals surface area contributed by atoms with Gasteiger partial charge >= 0.3 is 0 Å². The molecule has 0 aromatic carbocycles. The molecule has 0 aliphatic rings. The highest BCUT2D eigenvalue weighted by atomic mass is 16.1. The van der Waals surface area contributed by atoms with Crippen LogP contribution in [0.25, 0.3) is 0 Å². The van der Waals surface area contributed by atoms with Crippen LogP contribution in [-0.2, 0) is 7.05 Å². The highest BCUT2D eigenvalue weighted by Gasteiger charge is 2.29. The highest BCUT2D eigenvalue weighted by Crippen LogP contribution is 2.28. The van der Waals surface area contributed by atoms with Gasteiger partial charge in [0.1, 0.15) is 0 Å². The summed E-state index contributed by atoms with van der Waals surface area (Å²) in [5.41, 5.74) is 1.32. The number of carbonyl (C=O) groups is 1. The lowest BCUT2D eigenvalue weighted by atomic mass is 9.80. The van der Waals surface area contributed by atoms with Gasteiger partial charge in [0.05, 0.1) is 11.3 Å². The van der Waals surface area contributed by atoms with Crippen LogP contribution >= 0.6 is 0 Å². The zero-order valence-electron chi connectivity index (χ0n) is 11.0. The molecule has 1 aromatic heterocycles. The predicted octanol–water partition coefficient (Wildman–Crippen LogP) is 3.13. The molecule has 0 spiro atoms. The Kier molecular flexibility index (Phi) is 3.89. The van der Waals surface area contributed by atoms with E-state index in [1.54, 1.807) is 4.68 Å². The third-order valence-corrected chi connectivity index (χ3v) is 3.03. The van der Waals surface area contributed by atoms with Gasteiger partial charge in [0, 0.05) is 18.7 Å². The van der Waals surface area contributed by atoms with E-state index in [1.165, 1.54) is 0 Å². The van der Waals surface area contributed by atoms with Gasteiger partial charge in [-0.3, -0.25) is 9.48 Å². The van der Waals surface area contributed by atoms with Crippen LogP contribution in [0.4, 0.5) is 0 Å². The van der Waals surface area contributed by atoms with Crippen molar-refractivity contribution in [3.8, 4) is 0 Å². The molecule has 16 heavy (non-hydrogen) atoms. The second-order valence-corrected chi connectivity index (χ2v) is 5.12. The Morgan fingerprint density at radius 3 is 2.56 bits per heavy atom. The summed E-state index contributed by atoms with van der Waals surface area (Å²) in [5.74, 6) is 0.214. The number of ketones is 1. The molecule has 0 unspecified atom stereocenters. The van der Waals surface area contributed by atoms with Crippen LogP contribution in [0.5, 0.6) is 0 Å². The first-order valence-corrected chi connectivity index (χ1v) is 5.93. The number of rotatable bonds is 5. The largest absolute Gasteiger partial charge is 0.293 e. The Morgan fingerprint density at radius 2 is 2.12 bits per heavy atom. The van der Waals surface area contributed by atoms with E-state index in [4.69, 9.17) is 0 Å². The van der Waals surface area contributed by atoms with Crippen LogP contribution in [0, 0.1) is 12.3 Å².